The van der Waals surface area contributed by atoms with Gasteiger partial charge in [0, 0.05) is 15.1 Å². The van der Waals surface area contributed by atoms with Crippen molar-refractivity contribution in [3.63, 3.8) is 0 Å². The number of fused-ring (bicyclic) bond motifs is 1. The van der Waals surface area contributed by atoms with Crippen LogP contribution in [-0.4, -0.2) is 32.2 Å². The van der Waals surface area contributed by atoms with Crippen LogP contribution in [0, 0.1) is 0 Å². The average molecular weight is 255 g/mol. The first-order valence-corrected chi connectivity index (χ1v) is 5.37. The van der Waals surface area contributed by atoms with Crippen molar-refractivity contribution in [1.82, 2.24) is 15.2 Å². The fourth-order valence-electron chi connectivity index (χ4n) is 1.33. The van der Waals surface area contributed by atoms with Crippen LogP contribution in [0.15, 0.2) is 18.3 Å². The molecule has 18 heavy (non-hydrogen) atoms. The van der Waals surface area contributed by atoms with E-state index in [1.807, 2.05) is 26.8 Å². The largest absolute Gasteiger partial charge is 0.457 e. The molecule has 0 radical (unpaired) electrons. The molecular formula is C12H21N3O3. The molecule has 6 heteroatoms. The van der Waals surface area contributed by atoms with E-state index in [-0.39, 0.29) is 14.3 Å². The lowest BCUT2D eigenvalue weighted by molar-refractivity contribution is -0.148. The molecule has 0 atom stereocenters. The molecule has 2 aromatic heterocycles. The Kier molecular flexibility index (Phi) is 3.93. The molecule has 102 valence electrons. The summed E-state index contributed by atoms with van der Waals surface area (Å²) in [7, 11) is 0. The first-order chi connectivity index (χ1) is 7.94. The summed E-state index contributed by atoms with van der Waals surface area (Å²) >= 11 is 0. The molecule has 2 aromatic rings. The van der Waals surface area contributed by atoms with Crippen LogP contribution in [0.5, 0.6) is 0 Å². The number of hydrogen-bond donors (Lipinski definition) is 2. The third kappa shape index (κ3) is 3.46. The van der Waals surface area contributed by atoms with Gasteiger partial charge in [-0.05, 0) is 38.5 Å². The Morgan fingerprint density at radius 1 is 1.44 bits per heavy atom. The molecule has 0 aliphatic carbocycles. The summed E-state index contributed by atoms with van der Waals surface area (Å²) in [6, 6.07) is 1.90. The van der Waals surface area contributed by atoms with E-state index in [1.54, 1.807) is 12.3 Å². The Morgan fingerprint density at radius 2 is 2.17 bits per heavy atom. The molecule has 0 unspecified atom stereocenters. The maximum atomic E-state index is 11.4. The molecule has 0 saturated carbocycles. The van der Waals surface area contributed by atoms with E-state index in [2.05, 4.69) is 15.2 Å². The Labute approximate surface area is 107 Å². The number of rotatable bonds is 2. The van der Waals surface area contributed by atoms with Gasteiger partial charge in [-0.15, -0.1) is 0 Å². The molecule has 0 bridgehead atoms. The highest BCUT2D eigenvalue weighted by atomic mass is 16.6. The van der Waals surface area contributed by atoms with Gasteiger partial charge < -0.3 is 10.2 Å². The molecular weight excluding hydrogens is 234 g/mol. The predicted molar refractivity (Wildman–Crippen MR) is 73.2 cm³/mol. The van der Waals surface area contributed by atoms with E-state index in [0.717, 1.165) is 16.7 Å². The summed E-state index contributed by atoms with van der Waals surface area (Å²) in [4.78, 5) is 15.6. The number of carbonyl (C=O) groups excluding carboxylic acids is 1. The molecule has 6 nitrogen and oxygen atoms in total. The van der Waals surface area contributed by atoms with Crippen LogP contribution in [0.25, 0.3) is 17.2 Å². The van der Waals surface area contributed by atoms with Crippen LogP contribution in [0.2, 0.25) is 0 Å². The number of aromatic amines is 2. The van der Waals surface area contributed by atoms with Gasteiger partial charge in [-0.1, -0.05) is 0 Å². The van der Waals surface area contributed by atoms with Crippen LogP contribution >= 0.6 is 0 Å². The number of nitrogens with zero attached hydrogens (tertiary/aromatic N) is 1. The zero-order valence-corrected chi connectivity index (χ0v) is 10.6. The van der Waals surface area contributed by atoms with Gasteiger partial charge in [-0.2, -0.15) is 0 Å². The van der Waals surface area contributed by atoms with Gasteiger partial charge in [-0.3, -0.25) is 10.2 Å². The quantitative estimate of drug-likeness (QED) is 0.632. The normalized spacial score (nSPS) is 11.7. The molecule has 0 aromatic carbocycles. The van der Waals surface area contributed by atoms with Crippen molar-refractivity contribution in [2.24, 2.45) is 0 Å². The van der Waals surface area contributed by atoms with Gasteiger partial charge in [0.2, 0.25) is 0 Å². The standard InChI is InChI=1S/C12H15N3O2.H2O.2H2/c1-12(2,3)17-10(16)5-4-8-6-9-11(13-7-8)15-14-9;;;/h4-7,14H,1-3H3,(H,13,15);1H2;2*1H/b5-4+;;;. The lowest BCUT2D eigenvalue weighted by Crippen LogP contribution is -2.22. The van der Waals surface area contributed by atoms with Crippen molar-refractivity contribution in [2.45, 2.75) is 26.4 Å². The van der Waals surface area contributed by atoms with Crippen LogP contribution < -0.4 is 0 Å². The zero-order chi connectivity index (χ0) is 12.5. The van der Waals surface area contributed by atoms with E-state index in [9.17, 15) is 4.79 Å². The lowest BCUT2D eigenvalue weighted by Gasteiger charge is -2.17. The fourth-order valence-corrected chi connectivity index (χ4v) is 1.33. The van der Waals surface area contributed by atoms with E-state index < -0.39 is 5.60 Å². The molecule has 0 spiro atoms. The summed E-state index contributed by atoms with van der Waals surface area (Å²) < 4.78 is 5.15. The van der Waals surface area contributed by atoms with Gasteiger partial charge in [-0.25, -0.2) is 9.78 Å². The SMILES string of the molecule is CC(C)(C)OC(=O)/C=C/c1cnc2[nH][nH]c2c1.O.[HH].[HH]. The maximum absolute atomic E-state index is 11.4. The van der Waals surface area contributed by atoms with Crippen molar-refractivity contribution in [3.05, 3.63) is 23.9 Å². The van der Waals surface area contributed by atoms with Crippen molar-refractivity contribution in [1.29, 1.82) is 0 Å². The van der Waals surface area contributed by atoms with Crippen LogP contribution in [0.3, 0.4) is 0 Å². The Hall–Kier alpha value is -2.08. The second-order valence-electron chi connectivity index (χ2n) is 4.78. The summed E-state index contributed by atoms with van der Waals surface area (Å²) in [5.41, 5.74) is 2.13. The van der Waals surface area contributed by atoms with Crippen molar-refractivity contribution >= 4 is 23.2 Å². The van der Waals surface area contributed by atoms with Gasteiger partial charge in [0.25, 0.3) is 0 Å². The first kappa shape index (κ1) is 14.0. The minimum atomic E-state index is -0.467. The minimum absolute atomic E-state index is 0. The fraction of sp³-hybridized carbons (Fsp3) is 0.333. The van der Waals surface area contributed by atoms with Gasteiger partial charge in [0.1, 0.15) is 5.60 Å². The van der Waals surface area contributed by atoms with Gasteiger partial charge >= 0.3 is 5.97 Å². The van der Waals surface area contributed by atoms with Gasteiger partial charge in [0.15, 0.2) is 5.65 Å². The lowest BCUT2D eigenvalue weighted by atomic mass is 10.2. The number of carbonyl (C=O) groups is 1. The molecule has 0 fully saturated rings. The molecule has 4 N–H and O–H groups in total. The van der Waals surface area contributed by atoms with E-state index in [4.69, 9.17) is 4.74 Å². The number of nitrogens with one attached hydrogen (secondary N) is 2. The van der Waals surface area contributed by atoms with Crippen LogP contribution in [0.1, 0.15) is 29.2 Å². The number of pyridine rings is 1. The van der Waals surface area contributed by atoms with Gasteiger partial charge in [0.05, 0.1) is 5.52 Å². The van der Waals surface area contributed by atoms with Crippen molar-refractivity contribution < 1.29 is 17.9 Å². The summed E-state index contributed by atoms with van der Waals surface area (Å²) in [5, 5.41) is 5.73. The van der Waals surface area contributed by atoms with Crippen LogP contribution in [0.4, 0.5) is 0 Å². The Bertz CT molecular complexity index is 570. The third-order valence-electron chi connectivity index (χ3n) is 2.04. The highest BCUT2D eigenvalue weighted by Gasteiger charge is 2.13. The monoisotopic (exact) mass is 255 g/mol. The second kappa shape index (κ2) is 5.05. The Morgan fingerprint density at radius 3 is 2.67 bits per heavy atom. The van der Waals surface area contributed by atoms with E-state index >= 15 is 0 Å². The van der Waals surface area contributed by atoms with Crippen molar-refractivity contribution in [2.75, 3.05) is 0 Å². The number of ether oxygens (including phenoxy) is 1. The Balaban J connectivity index is 0. The molecule has 0 aliphatic heterocycles. The third-order valence-corrected chi connectivity index (χ3v) is 2.04. The zero-order valence-electron chi connectivity index (χ0n) is 10.6. The highest BCUT2D eigenvalue weighted by Crippen LogP contribution is 2.12. The van der Waals surface area contributed by atoms with Crippen LogP contribution in [-0.2, 0) is 9.53 Å². The second-order valence-corrected chi connectivity index (χ2v) is 4.78. The topological polar surface area (TPSA) is 102 Å². The summed E-state index contributed by atoms with van der Waals surface area (Å²) in [6.45, 7) is 5.50. The number of hydrogen-bond acceptors (Lipinski definition) is 3. The predicted octanol–water partition coefficient (Wildman–Crippen LogP) is 1.91. The maximum Gasteiger partial charge on any atom is 0.331 e. The van der Waals surface area contributed by atoms with Crippen molar-refractivity contribution in [3.8, 4) is 0 Å². The number of esters is 1. The smallest absolute Gasteiger partial charge is 0.331 e. The molecule has 0 amide bonds. The molecule has 0 aliphatic rings. The first-order valence-electron chi connectivity index (χ1n) is 5.37. The highest BCUT2D eigenvalue weighted by molar-refractivity contribution is 5.88. The molecule has 0 saturated heterocycles. The van der Waals surface area contributed by atoms with E-state index in [1.165, 1.54) is 6.08 Å². The minimum Gasteiger partial charge on any atom is -0.457 e. The molecule has 2 rings (SSSR count). The number of aromatic nitrogens is 3. The number of H-pyrrole nitrogens is 2. The molecule has 2 heterocycles. The van der Waals surface area contributed by atoms with E-state index in [0.29, 0.717) is 0 Å². The summed E-state index contributed by atoms with van der Waals surface area (Å²) in [6.07, 6.45) is 4.77. The average Bonchev–Trinajstić information content (AvgIpc) is 2.15. The summed E-state index contributed by atoms with van der Waals surface area (Å²) in [5.74, 6) is -0.355.